The number of aromatic nitrogens is 3. The third-order valence-corrected chi connectivity index (χ3v) is 6.39. The number of hydrogen-bond acceptors (Lipinski definition) is 4. The van der Waals surface area contributed by atoms with Gasteiger partial charge in [-0.3, -0.25) is 4.57 Å². The molecule has 28 heavy (non-hydrogen) atoms. The Morgan fingerprint density at radius 1 is 1.04 bits per heavy atom. The predicted molar refractivity (Wildman–Crippen MR) is 113 cm³/mol. The Hall–Kier alpha value is -2.58. The molecular formula is C23H24N4S. The van der Waals surface area contributed by atoms with E-state index in [1.807, 2.05) is 24.3 Å². The number of rotatable bonds is 5. The van der Waals surface area contributed by atoms with Crippen LogP contribution in [0.4, 0.5) is 0 Å². The van der Waals surface area contributed by atoms with Crippen molar-refractivity contribution in [3.8, 4) is 11.8 Å². The Labute approximate surface area is 170 Å². The minimum Gasteiger partial charge on any atom is -0.274 e. The van der Waals surface area contributed by atoms with Crippen molar-refractivity contribution in [3.63, 3.8) is 0 Å². The van der Waals surface area contributed by atoms with Crippen LogP contribution in [0, 0.1) is 18.3 Å². The predicted octanol–water partition coefficient (Wildman–Crippen LogP) is 5.79. The number of hydrogen-bond donors (Lipinski definition) is 0. The van der Waals surface area contributed by atoms with Crippen LogP contribution in [0.5, 0.6) is 0 Å². The van der Waals surface area contributed by atoms with E-state index in [0.29, 0.717) is 11.7 Å². The van der Waals surface area contributed by atoms with Crippen LogP contribution in [0.1, 0.15) is 60.5 Å². The molecule has 0 unspecified atom stereocenters. The molecule has 0 amide bonds. The molecule has 1 saturated carbocycles. The standard InChI is InChI=1S/C23H24N4S/c1-17-11-13-21(14-12-17)27-22(18-7-3-2-4-8-18)25-26-23(27)28-16-20-10-6-5-9-19(20)15-24/h5-6,9-14,18H,2-4,7-8,16H2,1H3. The van der Waals surface area contributed by atoms with E-state index >= 15 is 0 Å². The lowest BCUT2D eigenvalue weighted by molar-refractivity contribution is 0.423. The SMILES string of the molecule is Cc1ccc(-n2c(SCc3ccccc3C#N)nnc2C2CCCCC2)cc1. The highest BCUT2D eigenvalue weighted by atomic mass is 32.2. The van der Waals surface area contributed by atoms with Crippen LogP contribution >= 0.6 is 11.8 Å². The molecule has 1 aliphatic rings. The molecule has 5 heteroatoms. The lowest BCUT2D eigenvalue weighted by Gasteiger charge is -2.22. The molecule has 4 rings (SSSR count). The van der Waals surface area contributed by atoms with E-state index in [-0.39, 0.29) is 0 Å². The number of nitriles is 1. The Kier molecular flexibility index (Phi) is 5.78. The normalized spacial score (nSPS) is 14.7. The molecule has 0 N–H and O–H groups in total. The van der Waals surface area contributed by atoms with Gasteiger partial charge in [-0.05, 0) is 43.5 Å². The second-order valence-corrected chi connectivity index (χ2v) is 8.35. The molecule has 0 atom stereocenters. The van der Waals surface area contributed by atoms with E-state index in [4.69, 9.17) is 0 Å². The Bertz CT molecular complexity index is 979. The molecule has 3 aromatic rings. The van der Waals surface area contributed by atoms with Crippen LogP contribution in [0.3, 0.4) is 0 Å². The van der Waals surface area contributed by atoms with Crippen LogP contribution in [0.25, 0.3) is 5.69 Å². The maximum absolute atomic E-state index is 9.36. The fraction of sp³-hybridized carbons (Fsp3) is 0.348. The molecule has 2 aromatic carbocycles. The molecule has 0 saturated heterocycles. The first-order valence-corrected chi connectivity index (χ1v) is 10.9. The highest BCUT2D eigenvalue weighted by Crippen LogP contribution is 2.35. The van der Waals surface area contributed by atoms with Crippen LogP contribution in [0.15, 0.2) is 53.7 Å². The van der Waals surface area contributed by atoms with Crippen LogP contribution < -0.4 is 0 Å². The van der Waals surface area contributed by atoms with Crippen LogP contribution in [-0.2, 0) is 5.75 Å². The summed E-state index contributed by atoms with van der Waals surface area (Å²) >= 11 is 1.65. The van der Waals surface area contributed by atoms with E-state index in [9.17, 15) is 5.26 Å². The maximum Gasteiger partial charge on any atom is 0.196 e. The first-order valence-electron chi connectivity index (χ1n) is 9.89. The lowest BCUT2D eigenvalue weighted by atomic mass is 9.88. The van der Waals surface area contributed by atoms with E-state index in [1.54, 1.807) is 11.8 Å². The molecule has 1 fully saturated rings. The zero-order chi connectivity index (χ0) is 19.3. The average molecular weight is 389 g/mol. The molecule has 1 aromatic heterocycles. The zero-order valence-electron chi connectivity index (χ0n) is 16.1. The summed E-state index contributed by atoms with van der Waals surface area (Å²) in [6.45, 7) is 2.10. The van der Waals surface area contributed by atoms with Gasteiger partial charge in [0.25, 0.3) is 0 Å². The van der Waals surface area contributed by atoms with Crippen molar-refractivity contribution in [1.29, 1.82) is 5.26 Å². The molecule has 142 valence electrons. The molecular weight excluding hydrogens is 364 g/mol. The van der Waals surface area contributed by atoms with Gasteiger partial charge in [-0.25, -0.2) is 0 Å². The van der Waals surface area contributed by atoms with Gasteiger partial charge in [0, 0.05) is 17.4 Å². The third-order valence-electron chi connectivity index (χ3n) is 5.42. The van der Waals surface area contributed by atoms with Gasteiger partial charge in [-0.15, -0.1) is 10.2 Å². The largest absolute Gasteiger partial charge is 0.274 e. The smallest absolute Gasteiger partial charge is 0.196 e. The van der Waals surface area contributed by atoms with Gasteiger partial charge in [0.1, 0.15) is 5.82 Å². The van der Waals surface area contributed by atoms with Crippen molar-refractivity contribution in [1.82, 2.24) is 14.8 Å². The van der Waals surface area contributed by atoms with Crippen molar-refractivity contribution in [2.24, 2.45) is 0 Å². The van der Waals surface area contributed by atoms with E-state index in [0.717, 1.165) is 27.8 Å². The molecule has 0 bridgehead atoms. The van der Waals surface area contributed by atoms with Gasteiger partial charge in [0.15, 0.2) is 5.16 Å². The monoisotopic (exact) mass is 388 g/mol. The third kappa shape index (κ3) is 3.98. The minimum atomic E-state index is 0.475. The number of benzene rings is 2. The zero-order valence-corrected chi connectivity index (χ0v) is 17.0. The number of thioether (sulfide) groups is 1. The van der Waals surface area contributed by atoms with Crippen LogP contribution in [0.2, 0.25) is 0 Å². The summed E-state index contributed by atoms with van der Waals surface area (Å²) in [7, 11) is 0. The first-order chi connectivity index (χ1) is 13.8. The van der Waals surface area contributed by atoms with Crippen molar-refractivity contribution < 1.29 is 0 Å². The van der Waals surface area contributed by atoms with Crippen molar-refractivity contribution in [2.45, 2.75) is 55.9 Å². The summed E-state index contributed by atoms with van der Waals surface area (Å²) in [6.07, 6.45) is 6.23. The van der Waals surface area contributed by atoms with Gasteiger partial charge in [0.2, 0.25) is 0 Å². The highest BCUT2D eigenvalue weighted by molar-refractivity contribution is 7.98. The molecule has 0 aliphatic heterocycles. The fourth-order valence-corrected chi connectivity index (χ4v) is 4.80. The molecule has 1 heterocycles. The number of nitrogens with zero attached hydrogens (tertiary/aromatic N) is 4. The quantitative estimate of drug-likeness (QED) is 0.519. The van der Waals surface area contributed by atoms with Crippen molar-refractivity contribution in [3.05, 3.63) is 71.0 Å². The van der Waals surface area contributed by atoms with E-state index in [2.05, 4.69) is 52.0 Å². The maximum atomic E-state index is 9.36. The van der Waals surface area contributed by atoms with E-state index < -0.39 is 0 Å². The molecule has 0 radical (unpaired) electrons. The molecule has 1 aliphatic carbocycles. The second kappa shape index (κ2) is 8.62. The molecule has 4 nitrogen and oxygen atoms in total. The summed E-state index contributed by atoms with van der Waals surface area (Å²) in [6, 6.07) is 18.6. The van der Waals surface area contributed by atoms with Gasteiger partial charge >= 0.3 is 0 Å². The summed E-state index contributed by atoms with van der Waals surface area (Å²) in [5.41, 5.74) is 4.12. The van der Waals surface area contributed by atoms with Gasteiger partial charge < -0.3 is 0 Å². The fourth-order valence-electron chi connectivity index (χ4n) is 3.83. The van der Waals surface area contributed by atoms with Crippen LogP contribution in [-0.4, -0.2) is 14.8 Å². The summed E-state index contributed by atoms with van der Waals surface area (Å²) < 4.78 is 2.23. The Morgan fingerprint density at radius 3 is 2.54 bits per heavy atom. The number of aryl methyl sites for hydroxylation is 1. The van der Waals surface area contributed by atoms with Gasteiger partial charge in [-0.1, -0.05) is 66.9 Å². The van der Waals surface area contributed by atoms with Crippen molar-refractivity contribution >= 4 is 11.8 Å². The lowest BCUT2D eigenvalue weighted by Crippen LogP contribution is -2.12. The topological polar surface area (TPSA) is 54.5 Å². The highest BCUT2D eigenvalue weighted by Gasteiger charge is 2.24. The molecule has 0 spiro atoms. The summed E-state index contributed by atoms with van der Waals surface area (Å²) in [4.78, 5) is 0. The first kappa shape index (κ1) is 18.8. The van der Waals surface area contributed by atoms with Gasteiger partial charge in [0.05, 0.1) is 11.6 Å². The Balaban J connectivity index is 1.67. The second-order valence-electron chi connectivity index (χ2n) is 7.40. The van der Waals surface area contributed by atoms with Gasteiger partial charge in [-0.2, -0.15) is 5.26 Å². The van der Waals surface area contributed by atoms with Crippen molar-refractivity contribution in [2.75, 3.05) is 0 Å². The summed E-state index contributed by atoms with van der Waals surface area (Å²) in [5.74, 6) is 2.26. The minimum absolute atomic E-state index is 0.475. The Morgan fingerprint density at radius 2 is 1.79 bits per heavy atom. The average Bonchev–Trinajstić information content (AvgIpc) is 3.17. The summed E-state index contributed by atoms with van der Waals surface area (Å²) in [5, 5.41) is 19.4. The van der Waals surface area contributed by atoms with E-state index in [1.165, 1.54) is 37.7 Å².